The highest BCUT2D eigenvalue weighted by atomic mass is 35.5. The van der Waals surface area contributed by atoms with Gasteiger partial charge >= 0.3 is 12.1 Å². The second kappa shape index (κ2) is 13.2. The fraction of sp³-hybridized carbons (Fsp3) is 0.458. The number of nitro groups is 1. The average Bonchev–Trinajstić information content (AvgIpc) is 2.78. The van der Waals surface area contributed by atoms with Crippen molar-refractivity contribution in [1.29, 1.82) is 0 Å². The number of rotatable bonds is 13. The number of carbonyl (C=O) groups is 1. The van der Waals surface area contributed by atoms with Crippen molar-refractivity contribution >= 4 is 23.3 Å². The fourth-order valence-electron chi connectivity index (χ4n) is 3.27. The molecule has 0 radical (unpaired) electrons. The van der Waals surface area contributed by atoms with E-state index in [2.05, 4.69) is 6.92 Å². The molecule has 0 aromatic heterocycles. The smallest absolute Gasteiger partial charge is 0.416 e. The number of nitro benzene ring substituents is 1. The van der Waals surface area contributed by atoms with Crippen LogP contribution in [0.4, 0.5) is 18.9 Å². The lowest BCUT2D eigenvalue weighted by atomic mass is 10.1. The summed E-state index contributed by atoms with van der Waals surface area (Å²) in [7, 11) is 0. The lowest BCUT2D eigenvalue weighted by Crippen LogP contribution is -2.09. The summed E-state index contributed by atoms with van der Waals surface area (Å²) in [6, 6.07) is 5.95. The van der Waals surface area contributed by atoms with Gasteiger partial charge in [-0.3, -0.25) is 10.1 Å². The Morgan fingerprint density at radius 1 is 1.00 bits per heavy atom. The topological polar surface area (TPSA) is 78.7 Å². The third kappa shape index (κ3) is 8.52. The molecule has 2 aromatic rings. The standard InChI is InChI=1S/C24H27ClF3NO5/c1-2-3-4-5-6-7-8-9-14-33-23(30)19-16-18(11-12-21(19)29(31)32)34-22-13-10-17(15-20(22)25)24(26,27)28/h10-13,15-16H,2-9,14H2,1H3. The summed E-state index contributed by atoms with van der Waals surface area (Å²) in [4.78, 5) is 23.1. The lowest BCUT2D eigenvalue weighted by molar-refractivity contribution is -0.385. The second-order valence-electron chi connectivity index (χ2n) is 7.79. The molecule has 0 unspecified atom stereocenters. The van der Waals surface area contributed by atoms with Gasteiger partial charge in [-0.05, 0) is 30.7 Å². The number of esters is 1. The molecule has 2 rings (SSSR count). The first kappa shape index (κ1) is 27.4. The molecule has 186 valence electrons. The van der Waals surface area contributed by atoms with Crippen LogP contribution < -0.4 is 4.74 Å². The maximum absolute atomic E-state index is 12.8. The monoisotopic (exact) mass is 501 g/mol. The molecule has 0 spiro atoms. The van der Waals surface area contributed by atoms with Crippen LogP contribution in [0.1, 0.15) is 74.2 Å². The van der Waals surface area contributed by atoms with Crippen LogP contribution in [0.25, 0.3) is 0 Å². The Bertz CT molecular complexity index is 982. The minimum absolute atomic E-state index is 0.00807. The van der Waals surface area contributed by atoms with Crippen LogP contribution in [0.3, 0.4) is 0 Å². The van der Waals surface area contributed by atoms with Crippen LogP contribution in [0, 0.1) is 10.1 Å². The maximum atomic E-state index is 12.8. The molecule has 0 saturated carbocycles. The molecule has 6 nitrogen and oxygen atoms in total. The minimum Gasteiger partial charge on any atom is -0.462 e. The van der Waals surface area contributed by atoms with E-state index in [-0.39, 0.29) is 28.7 Å². The number of unbranched alkanes of at least 4 members (excludes halogenated alkanes) is 7. The summed E-state index contributed by atoms with van der Waals surface area (Å²) < 4.78 is 49.1. The fourth-order valence-corrected chi connectivity index (χ4v) is 3.49. The van der Waals surface area contributed by atoms with Crippen molar-refractivity contribution < 1.29 is 32.4 Å². The molecular formula is C24H27ClF3NO5. The van der Waals surface area contributed by atoms with E-state index in [0.717, 1.165) is 43.5 Å². The number of benzene rings is 2. The average molecular weight is 502 g/mol. The van der Waals surface area contributed by atoms with Crippen molar-refractivity contribution in [2.24, 2.45) is 0 Å². The van der Waals surface area contributed by atoms with Crippen molar-refractivity contribution in [3.05, 3.63) is 62.7 Å². The lowest BCUT2D eigenvalue weighted by Gasteiger charge is -2.12. The second-order valence-corrected chi connectivity index (χ2v) is 8.20. The van der Waals surface area contributed by atoms with Crippen molar-refractivity contribution in [2.75, 3.05) is 6.61 Å². The van der Waals surface area contributed by atoms with Gasteiger partial charge in [0.05, 0.1) is 22.1 Å². The Morgan fingerprint density at radius 2 is 1.65 bits per heavy atom. The summed E-state index contributed by atoms with van der Waals surface area (Å²) in [6.45, 7) is 2.28. The van der Waals surface area contributed by atoms with Crippen molar-refractivity contribution in [3.8, 4) is 11.5 Å². The Balaban J connectivity index is 2.00. The molecule has 0 aliphatic carbocycles. The van der Waals surface area contributed by atoms with Gasteiger partial charge in [-0.1, -0.05) is 63.5 Å². The summed E-state index contributed by atoms with van der Waals surface area (Å²) in [5.74, 6) is -0.980. The van der Waals surface area contributed by atoms with Crippen LogP contribution in [0.2, 0.25) is 5.02 Å². The molecule has 0 atom stereocenters. The highest BCUT2D eigenvalue weighted by molar-refractivity contribution is 6.32. The summed E-state index contributed by atoms with van der Waals surface area (Å²) in [5, 5.41) is 11.0. The number of nitrogens with zero attached hydrogens (tertiary/aromatic N) is 1. The molecule has 10 heteroatoms. The van der Waals surface area contributed by atoms with E-state index in [4.69, 9.17) is 21.1 Å². The van der Waals surface area contributed by atoms with E-state index in [0.29, 0.717) is 12.5 Å². The van der Waals surface area contributed by atoms with Gasteiger partial charge in [0.25, 0.3) is 5.69 Å². The Kier molecular flexibility index (Phi) is 10.6. The van der Waals surface area contributed by atoms with Crippen molar-refractivity contribution in [1.82, 2.24) is 0 Å². The van der Waals surface area contributed by atoms with E-state index < -0.39 is 28.3 Å². The molecule has 0 fully saturated rings. The Hall–Kier alpha value is -2.81. The van der Waals surface area contributed by atoms with Crippen molar-refractivity contribution in [3.63, 3.8) is 0 Å². The largest absolute Gasteiger partial charge is 0.462 e. The Morgan fingerprint density at radius 3 is 2.24 bits per heavy atom. The number of alkyl halides is 3. The van der Waals surface area contributed by atoms with Crippen LogP contribution in [0.15, 0.2) is 36.4 Å². The first-order valence-electron chi connectivity index (χ1n) is 11.1. The molecule has 2 aromatic carbocycles. The molecule has 0 N–H and O–H groups in total. The van der Waals surface area contributed by atoms with Gasteiger partial charge in [0.1, 0.15) is 17.1 Å². The van der Waals surface area contributed by atoms with Crippen LogP contribution in [-0.4, -0.2) is 17.5 Å². The van der Waals surface area contributed by atoms with Crippen LogP contribution in [0.5, 0.6) is 11.5 Å². The number of halogens is 4. The molecule has 0 amide bonds. The predicted octanol–water partition coefficient (Wildman–Crippen LogP) is 8.36. The van der Waals surface area contributed by atoms with Crippen LogP contribution >= 0.6 is 11.6 Å². The van der Waals surface area contributed by atoms with Crippen LogP contribution in [-0.2, 0) is 10.9 Å². The third-order valence-corrected chi connectivity index (χ3v) is 5.40. The highest BCUT2D eigenvalue weighted by Crippen LogP contribution is 2.37. The molecule has 0 bridgehead atoms. The first-order valence-corrected chi connectivity index (χ1v) is 11.5. The Labute approximate surface area is 201 Å². The number of carbonyl (C=O) groups excluding carboxylic acids is 1. The van der Waals surface area contributed by atoms with Gasteiger partial charge in [-0.25, -0.2) is 4.79 Å². The van der Waals surface area contributed by atoms with Gasteiger partial charge in [0.15, 0.2) is 0 Å². The quantitative estimate of drug-likeness (QED) is 0.119. The van der Waals surface area contributed by atoms with E-state index in [1.165, 1.54) is 31.7 Å². The summed E-state index contributed by atoms with van der Waals surface area (Å²) >= 11 is 5.89. The van der Waals surface area contributed by atoms with Gasteiger partial charge in [0, 0.05) is 12.1 Å². The first-order chi connectivity index (χ1) is 16.1. The van der Waals surface area contributed by atoms with Gasteiger partial charge in [-0.2, -0.15) is 13.2 Å². The molecular weight excluding hydrogens is 475 g/mol. The highest BCUT2D eigenvalue weighted by Gasteiger charge is 2.31. The number of ether oxygens (including phenoxy) is 2. The zero-order valence-corrected chi connectivity index (χ0v) is 19.6. The van der Waals surface area contributed by atoms with Gasteiger partial charge in [-0.15, -0.1) is 0 Å². The number of hydrogen-bond acceptors (Lipinski definition) is 5. The minimum atomic E-state index is -4.57. The predicted molar refractivity (Wildman–Crippen MR) is 123 cm³/mol. The van der Waals surface area contributed by atoms with Crippen molar-refractivity contribution in [2.45, 2.75) is 64.5 Å². The third-order valence-electron chi connectivity index (χ3n) is 5.10. The molecule has 0 aliphatic rings. The van der Waals surface area contributed by atoms with E-state index in [1.807, 2.05) is 0 Å². The van der Waals surface area contributed by atoms with Gasteiger partial charge in [0.2, 0.25) is 0 Å². The zero-order chi connectivity index (χ0) is 25.1. The summed E-state index contributed by atoms with van der Waals surface area (Å²) in [6.07, 6.45) is 3.91. The van der Waals surface area contributed by atoms with Gasteiger partial charge < -0.3 is 9.47 Å². The SMILES string of the molecule is CCCCCCCCCCOC(=O)c1cc(Oc2ccc(C(F)(F)F)cc2Cl)ccc1[N+](=O)[O-]. The summed E-state index contributed by atoms with van der Waals surface area (Å²) in [5.41, 5.74) is -1.73. The molecule has 0 aliphatic heterocycles. The molecule has 0 heterocycles. The normalized spacial score (nSPS) is 11.3. The van der Waals surface area contributed by atoms with E-state index in [1.54, 1.807) is 0 Å². The van der Waals surface area contributed by atoms with E-state index in [9.17, 15) is 28.1 Å². The maximum Gasteiger partial charge on any atom is 0.416 e. The molecule has 0 saturated heterocycles. The zero-order valence-electron chi connectivity index (χ0n) is 18.8. The molecule has 34 heavy (non-hydrogen) atoms. The number of hydrogen-bond donors (Lipinski definition) is 0. The van der Waals surface area contributed by atoms with E-state index >= 15 is 0 Å².